The third kappa shape index (κ3) is 4.65. The Morgan fingerprint density at radius 3 is 2.52 bits per heavy atom. The molecule has 0 atom stereocenters. The number of anilines is 1. The fourth-order valence-corrected chi connectivity index (χ4v) is 2.82. The van der Waals surface area contributed by atoms with Crippen LogP contribution in [0, 0.1) is 0 Å². The van der Waals surface area contributed by atoms with Crippen molar-refractivity contribution in [1.82, 2.24) is 20.2 Å². The van der Waals surface area contributed by atoms with Gasteiger partial charge < -0.3 is 5.32 Å². The molecule has 2 aromatic carbocycles. The highest BCUT2D eigenvalue weighted by Crippen LogP contribution is 2.20. The molecule has 0 bridgehead atoms. The van der Waals surface area contributed by atoms with Crippen molar-refractivity contribution in [1.29, 1.82) is 0 Å². The van der Waals surface area contributed by atoms with E-state index in [1.807, 2.05) is 30.3 Å². The number of carbonyl (C=O) groups excluding carboxylic acids is 2. The molecule has 25 heavy (non-hydrogen) atoms. The zero-order valence-corrected chi connectivity index (χ0v) is 14.4. The maximum absolute atomic E-state index is 12.1. The number of halogens is 1. The zero-order valence-electron chi connectivity index (χ0n) is 12.8. The summed E-state index contributed by atoms with van der Waals surface area (Å²) in [4.78, 5) is 24.1. The maximum Gasteiger partial charge on any atom is 0.232 e. The molecule has 1 N–H and O–H groups in total. The van der Waals surface area contributed by atoms with Gasteiger partial charge in [-0.25, -0.2) is 0 Å². The number of para-hydroxylation sites is 1. The van der Waals surface area contributed by atoms with E-state index in [9.17, 15) is 9.59 Å². The molecule has 0 spiro atoms. The van der Waals surface area contributed by atoms with Crippen molar-refractivity contribution < 1.29 is 9.59 Å². The Morgan fingerprint density at radius 2 is 1.80 bits per heavy atom. The minimum absolute atomic E-state index is 0.297. The molecule has 0 fully saturated rings. The summed E-state index contributed by atoms with van der Waals surface area (Å²) in [5.41, 5.74) is 1.30. The molecule has 0 saturated carbocycles. The van der Waals surface area contributed by atoms with Gasteiger partial charge in [0.25, 0.3) is 0 Å². The lowest BCUT2D eigenvalue weighted by atomic mass is 10.3. The van der Waals surface area contributed by atoms with Gasteiger partial charge in [-0.05, 0) is 58.6 Å². The molecule has 0 radical (unpaired) electrons. The van der Waals surface area contributed by atoms with Crippen LogP contribution in [0.3, 0.4) is 0 Å². The minimum atomic E-state index is -0.418. The van der Waals surface area contributed by atoms with Crippen LogP contribution in [0.4, 0.5) is 5.69 Å². The zero-order chi connectivity index (χ0) is 17.6. The molecule has 9 heteroatoms. The van der Waals surface area contributed by atoms with E-state index in [4.69, 9.17) is 11.6 Å². The van der Waals surface area contributed by atoms with Crippen LogP contribution in [0.5, 0.6) is 0 Å². The van der Waals surface area contributed by atoms with Gasteiger partial charge in [-0.15, -0.1) is 5.10 Å². The molecular weight excluding hydrogens is 362 g/mol. The number of carbonyl (C=O) groups is 2. The van der Waals surface area contributed by atoms with Crippen molar-refractivity contribution in [3.63, 3.8) is 0 Å². The second kappa shape index (κ2) is 7.91. The van der Waals surface area contributed by atoms with Crippen LogP contribution in [0.15, 0.2) is 59.8 Å². The summed E-state index contributed by atoms with van der Waals surface area (Å²) in [6.45, 7) is 0. The van der Waals surface area contributed by atoms with E-state index in [1.54, 1.807) is 24.3 Å². The monoisotopic (exact) mass is 373 g/mol. The van der Waals surface area contributed by atoms with Gasteiger partial charge in [-0.1, -0.05) is 29.8 Å². The van der Waals surface area contributed by atoms with Crippen LogP contribution in [0.25, 0.3) is 5.69 Å². The molecule has 1 amide bonds. The first kappa shape index (κ1) is 17.1. The van der Waals surface area contributed by atoms with Crippen molar-refractivity contribution in [3.8, 4) is 5.69 Å². The van der Waals surface area contributed by atoms with Crippen LogP contribution in [0.2, 0.25) is 5.02 Å². The third-order valence-corrected chi connectivity index (χ3v) is 4.14. The normalized spacial score (nSPS) is 10.4. The van der Waals surface area contributed by atoms with Gasteiger partial charge in [0.1, 0.15) is 0 Å². The number of amides is 1. The van der Waals surface area contributed by atoms with Crippen molar-refractivity contribution in [2.24, 2.45) is 0 Å². The van der Waals surface area contributed by atoms with Crippen molar-refractivity contribution >= 4 is 40.1 Å². The van der Waals surface area contributed by atoms with E-state index in [2.05, 4.69) is 20.8 Å². The number of rotatable bonds is 5. The summed E-state index contributed by atoms with van der Waals surface area (Å²) in [5, 5.41) is 14.4. The first-order chi connectivity index (χ1) is 12.1. The van der Waals surface area contributed by atoms with Gasteiger partial charge in [0.15, 0.2) is 0 Å². The average molecular weight is 374 g/mol. The van der Waals surface area contributed by atoms with E-state index < -0.39 is 5.91 Å². The lowest BCUT2D eigenvalue weighted by molar-refractivity contribution is -0.121. The van der Waals surface area contributed by atoms with E-state index in [0.29, 0.717) is 15.9 Å². The highest BCUT2D eigenvalue weighted by atomic mass is 35.5. The number of hydrogen-bond acceptors (Lipinski definition) is 6. The second-order valence-corrected chi connectivity index (χ2v) is 6.38. The van der Waals surface area contributed by atoms with Gasteiger partial charge in [-0.3, -0.25) is 9.59 Å². The van der Waals surface area contributed by atoms with Gasteiger partial charge in [0.2, 0.25) is 16.2 Å². The lowest BCUT2D eigenvalue weighted by Crippen LogP contribution is -2.15. The Balaban J connectivity index is 1.61. The first-order valence-corrected chi connectivity index (χ1v) is 8.41. The van der Waals surface area contributed by atoms with E-state index in [-0.39, 0.29) is 11.5 Å². The summed E-state index contributed by atoms with van der Waals surface area (Å²) in [6, 6.07) is 15.8. The molecule has 3 aromatic rings. The first-order valence-electron chi connectivity index (χ1n) is 7.22. The molecule has 7 nitrogen and oxygen atoms in total. The summed E-state index contributed by atoms with van der Waals surface area (Å²) >= 11 is 6.61. The number of thioether (sulfide) groups is 1. The largest absolute Gasteiger partial charge is 0.326 e. The molecule has 0 aliphatic rings. The van der Waals surface area contributed by atoms with Crippen molar-refractivity contribution in [3.05, 3.63) is 59.6 Å². The molecular formula is C16H12ClN5O2S. The number of benzene rings is 2. The van der Waals surface area contributed by atoms with Crippen molar-refractivity contribution in [2.75, 3.05) is 5.32 Å². The molecule has 0 aliphatic carbocycles. The Morgan fingerprint density at radius 1 is 1.08 bits per heavy atom. The van der Waals surface area contributed by atoms with Gasteiger partial charge in [0.05, 0.1) is 12.1 Å². The molecule has 1 aromatic heterocycles. The Hall–Kier alpha value is -2.71. The van der Waals surface area contributed by atoms with Crippen LogP contribution >= 0.6 is 23.4 Å². The summed E-state index contributed by atoms with van der Waals surface area (Å²) in [6.07, 6.45) is -0.297. The van der Waals surface area contributed by atoms with Crippen molar-refractivity contribution in [2.45, 2.75) is 11.6 Å². The molecule has 1 heterocycles. The number of aromatic nitrogens is 4. The van der Waals surface area contributed by atoms with E-state index in [0.717, 1.165) is 17.4 Å². The SMILES string of the molecule is O=C(CC(=O)Sc1nnnn1-c1ccccc1)Nc1ccc(Cl)cc1. The molecule has 0 unspecified atom stereocenters. The second-order valence-electron chi connectivity index (χ2n) is 4.91. The topological polar surface area (TPSA) is 89.8 Å². The van der Waals surface area contributed by atoms with Gasteiger partial charge >= 0.3 is 0 Å². The average Bonchev–Trinajstić information content (AvgIpc) is 3.05. The number of nitrogens with zero attached hydrogens (tertiary/aromatic N) is 4. The van der Waals surface area contributed by atoms with Gasteiger partial charge in [0, 0.05) is 10.7 Å². The Labute approximate surface area is 152 Å². The highest BCUT2D eigenvalue weighted by Gasteiger charge is 2.17. The van der Waals surface area contributed by atoms with E-state index >= 15 is 0 Å². The predicted molar refractivity (Wildman–Crippen MR) is 94.7 cm³/mol. The quantitative estimate of drug-likeness (QED) is 0.546. The summed E-state index contributed by atoms with van der Waals surface area (Å²) < 4.78 is 1.44. The molecule has 0 aliphatic heterocycles. The fraction of sp³-hybridized carbons (Fsp3) is 0.0625. The smallest absolute Gasteiger partial charge is 0.232 e. The number of nitrogens with one attached hydrogen (secondary N) is 1. The Kier molecular flexibility index (Phi) is 5.42. The standard InChI is InChI=1S/C16H12ClN5O2S/c17-11-6-8-12(9-7-11)18-14(23)10-15(24)25-16-19-20-21-22(16)13-4-2-1-3-5-13/h1-9H,10H2,(H,18,23). The van der Waals surface area contributed by atoms with Crippen LogP contribution in [-0.4, -0.2) is 31.2 Å². The molecule has 0 saturated heterocycles. The predicted octanol–water partition coefficient (Wildman–Crippen LogP) is 2.96. The lowest BCUT2D eigenvalue weighted by Gasteiger charge is -2.05. The molecule has 126 valence electrons. The number of hydrogen-bond donors (Lipinski definition) is 1. The van der Waals surface area contributed by atoms with Crippen LogP contribution in [0.1, 0.15) is 6.42 Å². The third-order valence-electron chi connectivity index (χ3n) is 3.08. The highest BCUT2D eigenvalue weighted by molar-refractivity contribution is 8.13. The molecule has 3 rings (SSSR count). The Bertz CT molecular complexity index is 883. The van der Waals surface area contributed by atoms with E-state index in [1.165, 1.54) is 4.68 Å². The maximum atomic E-state index is 12.1. The van der Waals surface area contributed by atoms with Crippen LogP contribution in [-0.2, 0) is 9.59 Å². The summed E-state index contributed by atoms with van der Waals surface area (Å²) in [5.74, 6) is -0.418. The van der Waals surface area contributed by atoms with Gasteiger partial charge in [-0.2, -0.15) is 4.68 Å². The number of tetrazole rings is 1. The summed E-state index contributed by atoms with van der Waals surface area (Å²) in [7, 11) is 0. The fourth-order valence-electron chi connectivity index (χ4n) is 1.98. The van der Waals surface area contributed by atoms with Crippen LogP contribution < -0.4 is 5.32 Å². The minimum Gasteiger partial charge on any atom is -0.326 e.